The van der Waals surface area contributed by atoms with E-state index in [4.69, 9.17) is 11.6 Å². The number of nitrogens with zero attached hydrogens (tertiary/aromatic N) is 1. The fraction of sp³-hybridized carbons (Fsp3) is 0.625. The molecule has 0 aromatic heterocycles. The molecule has 0 spiro atoms. The molecule has 0 radical (unpaired) electrons. The second-order valence-corrected chi connectivity index (χ2v) is 6.73. The molecule has 20 heavy (non-hydrogen) atoms. The lowest BCUT2D eigenvalue weighted by molar-refractivity contribution is 0.162. The average Bonchev–Trinajstić information content (AvgIpc) is 2.48. The van der Waals surface area contributed by atoms with Crippen LogP contribution in [0.2, 0.25) is 5.02 Å². The number of nitrogens with one attached hydrogen (secondary N) is 1. The van der Waals surface area contributed by atoms with E-state index >= 15 is 0 Å². The number of unbranched alkanes of at least 4 members (excludes halogenated alkanes) is 2. The van der Waals surface area contributed by atoms with E-state index in [9.17, 15) is 0 Å². The molecule has 0 saturated carbocycles. The van der Waals surface area contributed by atoms with Crippen molar-refractivity contribution < 1.29 is 0 Å². The number of piperazine rings is 1. The van der Waals surface area contributed by atoms with Gasteiger partial charge in [-0.2, -0.15) is 0 Å². The Kier molecular flexibility index (Phi) is 6.82. The van der Waals surface area contributed by atoms with Gasteiger partial charge >= 0.3 is 0 Å². The van der Waals surface area contributed by atoms with Gasteiger partial charge in [-0.1, -0.05) is 43.9 Å². The van der Waals surface area contributed by atoms with E-state index in [1.807, 2.05) is 6.07 Å². The van der Waals surface area contributed by atoms with Crippen LogP contribution in [0.15, 0.2) is 22.7 Å². The first-order valence-electron chi connectivity index (χ1n) is 7.62. The summed E-state index contributed by atoms with van der Waals surface area (Å²) < 4.78 is 1.01. The maximum atomic E-state index is 6.13. The van der Waals surface area contributed by atoms with Gasteiger partial charge < -0.3 is 5.32 Å². The summed E-state index contributed by atoms with van der Waals surface area (Å²) in [6.07, 6.45) is 5.13. The molecule has 0 aliphatic carbocycles. The van der Waals surface area contributed by atoms with E-state index in [2.05, 4.69) is 45.2 Å². The molecule has 1 aromatic carbocycles. The number of hydrogen-bond acceptors (Lipinski definition) is 2. The van der Waals surface area contributed by atoms with E-state index in [0.29, 0.717) is 6.04 Å². The lowest BCUT2D eigenvalue weighted by atomic mass is 9.98. The van der Waals surface area contributed by atoms with E-state index in [1.165, 1.54) is 31.2 Å². The molecule has 2 nitrogen and oxygen atoms in total. The number of benzene rings is 1. The zero-order valence-corrected chi connectivity index (χ0v) is 14.5. The van der Waals surface area contributed by atoms with Gasteiger partial charge in [-0.25, -0.2) is 0 Å². The molecular formula is C16H24BrClN2. The van der Waals surface area contributed by atoms with E-state index in [0.717, 1.165) is 35.7 Å². The van der Waals surface area contributed by atoms with Crippen molar-refractivity contribution in [2.45, 2.75) is 38.6 Å². The fourth-order valence-corrected chi connectivity index (χ4v) is 3.38. The topological polar surface area (TPSA) is 15.3 Å². The van der Waals surface area contributed by atoms with Crippen molar-refractivity contribution in [3.05, 3.63) is 33.3 Å². The summed E-state index contributed by atoms with van der Waals surface area (Å²) in [5.41, 5.74) is 1.39. The van der Waals surface area contributed by atoms with Gasteiger partial charge in [0.2, 0.25) is 0 Å². The average molecular weight is 360 g/mol. The van der Waals surface area contributed by atoms with Crippen LogP contribution < -0.4 is 5.32 Å². The minimum absolute atomic E-state index is 0.525. The van der Waals surface area contributed by atoms with Gasteiger partial charge in [-0.15, -0.1) is 0 Å². The third-order valence-electron chi connectivity index (χ3n) is 4.00. The quantitative estimate of drug-likeness (QED) is 0.745. The highest BCUT2D eigenvalue weighted by Crippen LogP contribution is 2.31. The molecule has 0 amide bonds. The van der Waals surface area contributed by atoms with Crippen LogP contribution in [0.25, 0.3) is 0 Å². The van der Waals surface area contributed by atoms with Crippen molar-refractivity contribution in [2.24, 2.45) is 0 Å². The van der Waals surface area contributed by atoms with Crippen molar-refractivity contribution in [1.29, 1.82) is 0 Å². The smallest absolute Gasteiger partial charge is 0.0548 e. The molecule has 1 saturated heterocycles. The van der Waals surface area contributed by atoms with Crippen molar-refractivity contribution >= 4 is 27.5 Å². The first-order valence-corrected chi connectivity index (χ1v) is 8.79. The summed E-state index contributed by atoms with van der Waals surface area (Å²) in [4.78, 5) is 2.61. The third kappa shape index (κ3) is 4.45. The van der Waals surface area contributed by atoms with Gasteiger partial charge in [-0.05, 0) is 40.0 Å². The van der Waals surface area contributed by atoms with Gasteiger partial charge in [0, 0.05) is 36.7 Å². The number of rotatable bonds is 6. The molecule has 1 aromatic rings. The Morgan fingerprint density at radius 1 is 1.30 bits per heavy atom. The molecule has 1 fully saturated rings. The van der Waals surface area contributed by atoms with Crippen LogP contribution in [-0.2, 0) is 0 Å². The van der Waals surface area contributed by atoms with Crippen LogP contribution >= 0.6 is 27.5 Å². The first-order chi connectivity index (χ1) is 9.72. The van der Waals surface area contributed by atoms with Crippen molar-refractivity contribution in [2.75, 3.05) is 26.2 Å². The van der Waals surface area contributed by atoms with E-state index in [-0.39, 0.29) is 0 Å². The zero-order chi connectivity index (χ0) is 14.4. The monoisotopic (exact) mass is 358 g/mol. The number of hydrogen-bond donors (Lipinski definition) is 1. The normalized spacial score (nSPS) is 18.1. The van der Waals surface area contributed by atoms with Crippen LogP contribution in [0, 0.1) is 0 Å². The molecule has 112 valence electrons. The van der Waals surface area contributed by atoms with Gasteiger partial charge in [0.1, 0.15) is 0 Å². The first kappa shape index (κ1) is 16.3. The highest BCUT2D eigenvalue weighted by atomic mass is 79.9. The highest BCUT2D eigenvalue weighted by molar-refractivity contribution is 9.10. The summed E-state index contributed by atoms with van der Waals surface area (Å²) >= 11 is 9.68. The summed E-state index contributed by atoms with van der Waals surface area (Å²) in [7, 11) is 0. The van der Waals surface area contributed by atoms with Crippen molar-refractivity contribution in [3.8, 4) is 0 Å². The van der Waals surface area contributed by atoms with Crippen LogP contribution in [0.1, 0.15) is 44.2 Å². The summed E-state index contributed by atoms with van der Waals surface area (Å²) in [5.74, 6) is 0. The molecule has 0 bridgehead atoms. The lowest BCUT2D eigenvalue weighted by Crippen LogP contribution is -2.45. The largest absolute Gasteiger partial charge is 0.314 e. The van der Waals surface area contributed by atoms with E-state index < -0.39 is 0 Å². The van der Waals surface area contributed by atoms with Gasteiger partial charge in [-0.3, -0.25) is 4.90 Å². The molecule has 1 N–H and O–H groups in total. The maximum absolute atomic E-state index is 6.13. The molecule has 1 aliphatic rings. The Labute approximate surface area is 136 Å². The summed E-state index contributed by atoms with van der Waals surface area (Å²) in [6, 6.07) is 6.92. The Balaban J connectivity index is 2.12. The van der Waals surface area contributed by atoms with Crippen LogP contribution in [-0.4, -0.2) is 31.1 Å². The lowest BCUT2D eigenvalue weighted by Gasteiger charge is -2.35. The van der Waals surface area contributed by atoms with Crippen molar-refractivity contribution in [3.63, 3.8) is 0 Å². The Bertz CT molecular complexity index is 419. The summed E-state index contributed by atoms with van der Waals surface area (Å²) in [5, 5.41) is 4.23. The number of halogens is 2. The minimum atomic E-state index is 0.525. The highest BCUT2D eigenvalue weighted by Gasteiger charge is 2.22. The van der Waals surface area contributed by atoms with Gasteiger partial charge in [0.15, 0.2) is 0 Å². The Morgan fingerprint density at radius 2 is 2.05 bits per heavy atom. The fourth-order valence-electron chi connectivity index (χ4n) is 2.86. The molecule has 0 unspecified atom stereocenters. The van der Waals surface area contributed by atoms with Crippen LogP contribution in [0.3, 0.4) is 0 Å². The van der Waals surface area contributed by atoms with E-state index in [1.54, 1.807) is 0 Å². The molecule has 1 heterocycles. The molecule has 1 aliphatic heterocycles. The van der Waals surface area contributed by atoms with Gasteiger partial charge in [0.05, 0.1) is 5.02 Å². The van der Waals surface area contributed by atoms with Crippen LogP contribution in [0.4, 0.5) is 0 Å². The Hall–Kier alpha value is -0.0900. The zero-order valence-electron chi connectivity index (χ0n) is 12.2. The Morgan fingerprint density at radius 3 is 2.70 bits per heavy atom. The van der Waals surface area contributed by atoms with Gasteiger partial charge in [0.25, 0.3) is 0 Å². The SMILES string of the molecule is CCCCC[C@@H](c1ccc(Cl)c(Br)c1)N1CCNCC1. The second kappa shape index (κ2) is 8.38. The third-order valence-corrected chi connectivity index (χ3v) is 5.22. The predicted molar refractivity (Wildman–Crippen MR) is 90.5 cm³/mol. The summed E-state index contributed by atoms with van der Waals surface area (Å²) in [6.45, 7) is 6.73. The van der Waals surface area contributed by atoms with Crippen LogP contribution in [0.5, 0.6) is 0 Å². The second-order valence-electron chi connectivity index (χ2n) is 5.47. The predicted octanol–water partition coefficient (Wildman–Crippen LogP) is 4.63. The standard InChI is InChI=1S/C16H24BrClN2/c1-2-3-4-5-16(20-10-8-19-9-11-20)13-6-7-15(18)14(17)12-13/h6-7,12,16,19H,2-5,8-11H2,1H3/t16-/m0/s1. The molecule has 4 heteroatoms. The molecular weight excluding hydrogens is 336 g/mol. The maximum Gasteiger partial charge on any atom is 0.0548 e. The molecule has 1 atom stereocenters. The molecule has 2 rings (SSSR count). The minimum Gasteiger partial charge on any atom is -0.314 e. The van der Waals surface area contributed by atoms with Crippen molar-refractivity contribution in [1.82, 2.24) is 10.2 Å².